The van der Waals surface area contributed by atoms with Crippen LogP contribution < -0.4 is 21.3 Å². The third kappa shape index (κ3) is 4.53. The van der Waals surface area contributed by atoms with Gasteiger partial charge in [-0.1, -0.05) is 6.08 Å². The summed E-state index contributed by atoms with van der Waals surface area (Å²) in [7, 11) is 1.56. The first-order valence-corrected chi connectivity index (χ1v) is 8.76. The number of nitrogens with zero attached hydrogens (tertiary/aromatic N) is 2. The molecule has 27 heavy (non-hydrogen) atoms. The molecular formula is C19H23N5O3. The van der Waals surface area contributed by atoms with Crippen molar-refractivity contribution < 1.29 is 9.53 Å². The molecule has 0 saturated carbocycles. The van der Waals surface area contributed by atoms with Crippen LogP contribution in [0.4, 0.5) is 5.69 Å². The summed E-state index contributed by atoms with van der Waals surface area (Å²) < 4.78 is 5.15. The van der Waals surface area contributed by atoms with E-state index < -0.39 is 0 Å². The van der Waals surface area contributed by atoms with Crippen molar-refractivity contribution in [3.8, 4) is 17.0 Å². The molecule has 8 nitrogen and oxygen atoms in total. The van der Waals surface area contributed by atoms with E-state index >= 15 is 0 Å². The highest BCUT2D eigenvalue weighted by Gasteiger charge is 2.25. The Hall–Kier alpha value is -3.13. The molecule has 1 fully saturated rings. The smallest absolute Gasteiger partial charge is 0.271 e. The molecule has 0 aliphatic carbocycles. The second-order valence-electron chi connectivity index (χ2n) is 6.27. The predicted octanol–water partition coefficient (Wildman–Crippen LogP) is 0.973. The Morgan fingerprint density at radius 1 is 1.48 bits per heavy atom. The molecule has 1 atom stereocenters. The van der Waals surface area contributed by atoms with Gasteiger partial charge in [0.1, 0.15) is 5.69 Å². The maximum Gasteiger partial charge on any atom is 0.271 e. The average Bonchev–Trinajstić information content (AvgIpc) is 3.16. The molecule has 2 aromatic rings. The number of carbonyl (C=O) groups excluding carboxylic acids is 1. The minimum absolute atomic E-state index is 0.0172. The van der Waals surface area contributed by atoms with E-state index in [2.05, 4.69) is 15.3 Å². The van der Waals surface area contributed by atoms with Gasteiger partial charge in [0.05, 0.1) is 7.11 Å². The Kier molecular flexibility index (Phi) is 5.87. The summed E-state index contributed by atoms with van der Waals surface area (Å²) in [6.07, 6.45) is 7.22. The number of carbonyl (C=O) groups is 1. The lowest BCUT2D eigenvalue weighted by Gasteiger charge is -2.16. The fourth-order valence-corrected chi connectivity index (χ4v) is 3.03. The summed E-state index contributed by atoms with van der Waals surface area (Å²) >= 11 is 0. The van der Waals surface area contributed by atoms with Crippen LogP contribution in [0.15, 0.2) is 47.5 Å². The maximum absolute atomic E-state index is 12.2. The molecule has 0 radical (unpaired) electrons. The van der Waals surface area contributed by atoms with Crippen molar-refractivity contribution in [1.29, 1.82) is 0 Å². The number of anilines is 1. The summed E-state index contributed by atoms with van der Waals surface area (Å²) in [6, 6.07) is 5.46. The standard InChI is InChI=1S/C19H23N5O3/c1-27-17-10-13(4-7-21-17)14-9-16(19(26)22-11-14)23-15-5-8-24(12-15)18(25)3-2-6-20/h2-4,7,9-11,15,23H,5-6,8,12,20H2,1H3,(H,22,26)/b3-2+/t15-/m0/s1. The molecule has 0 spiro atoms. The van der Waals surface area contributed by atoms with E-state index in [0.29, 0.717) is 31.2 Å². The zero-order valence-electron chi connectivity index (χ0n) is 15.1. The number of rotatable bonds is 6. The van der Waals surface area contributed by atoms with Gasteiger partial charge in [0, 0.05) is 55.8 Å². The summed E-state index contributed by atoms with van der Waals surface area (Å²) in [5.74, 6) is 0.444. The molecule has 142 valence electrons. The number of aromatic nitrogens is 2. The first kappa shape index (κ1) is 18.7. The Balaban J connectivity index is 1.73. The van der Waals surface area contributed by atoms with Crippen LogP contribution in [-0.4, -0.2) is 53.6 Å². The molecule has 2 aromatic heterocycles. The van der Waals surface area contributed by atoms with Gasteiger partial charge in [0.2, 0.25) is 11.8 Å². The summed E-state index contributed by atoms with van der Waals surface area (Å²) in [5, 5.41) is 3.26. The molecular weight excluding hydrogens is 346 g/mol. The SMILES string of the molecule is COc1cc(-c2c[nH]c(=O)c(N[C@H]3CCN(C(=O)/C=C/CN)C3)c2)ccn1. The van der Waals surface area contributed by atoms with Crippen LogP contribution in [0.25, 0.3) is 11.1 Å². The number of methoxy groups -OCH3 is 1. The van der Waals surface area contributed by atoms with Crippen LogP contribution in [0.1, 0.15) is 6.42 Å². The van der Waals surface area contributed by atoms with Gasteiger partial charge in [-0.3, -0.25) is 9.59 Å². The number of hydrogen-bond acceptors (Lipinski definition) is 6. The Morgan fingerprint density at radius 3 is 3.11 bits per heavy atom. The van der Waals surface area contributed by atoms with Gasteiger partial charge in [-0.15, -0.1) is 0 Å². The summed E-state index contributed by atoms with van der Waals surface area (Å²) in [5.41, 5.74) is 7.38. The zero-order valence-corrected chi connectivity index (χ0v) is 15.1. The highest BCUT2D eigenvalue weighted by Crippen LogP contribution is 2.23. The molecule has 3 rings (SSSR count). The van der Waals surface area contributed by atoms with Crippen LogP contribution in [0.5, 0.6) is 5.88 Å². The molecule has 1 aliphatic heterocycles. The van der Waals surface area contributed by atoms with Crippen molar-refractivity contribution >= 4 is 11.6 Å². The first-order valence-electron chi connectivity index (χ1n) is 8.76. The summed E-state index contributed by atoms with van der Waals surface area (Å²) in [4.78, 5) is 32.8. The first-order chi connectivity index (χ1) is 13.1. The van der Waals surface area contributed by atoms with Crippen molar-refractivity contribution in [3.05, 3.63) is 53.1 Å². The van der Waals surface area contributed by atoms with Crippen molar-refractivity contribution in [3.63, 3.8) is 0 Å². The molecule has 1 amide bonds. The van der Waals surface area contributed by atoms with Gasteiger partial charge in [-0.2, -0.15) is 0 Å². The monoisotopic (exact) mass is 369 g/mol. The van der Waals surface area contributed by atoms with Gasteiger partial charge in [0.15, 0.2) is 0 Å². The van der Waals surface area contributed by atoms with Gasteiger partial charge in [0.25, 0.3) is 5.56 Å². The molecule has 8 heteroatoms. The lowest BCUT2D eigenvalue weighted by Crippen LogP contribution is -2.31. The van der Waals surface area contributed by atoms with E-state index in [0.717, 1.165) is 17.5 Å². The second kappa shape index (κ2) is 8.50. The maximum atomic E-state index is 12.2. The van der Waals surface area contributed by atoms with Crippen LogP contribution >= 0.6 is 0 Å². The van der Waals surface area contributed by atoms with E-state index in [1.165, 1.54) is 6.08 Å². The van der Waals surface area contributed by atoms with Crippen molar-refractivity contribution in [2.75, 3.05) is 32.1 Å². The van der Waals surface area contributed by atoms with E-state index in [1.807, 2.05) is 6.07 Å². The van der Waals surface area contributed by atoms with Crippen LogP contribution in [-0.2, 0) is 4.79 Å². The molecule has 4 N–H and O–H groups in total. The van der Waals surface area contributed by atoms with Gasteiger partial charge >= 0.3 is 0 Å². The molecule has 1 aliphatic rings. The third-order valence-electron chi connectivity index (χ3n) is 4.44. The van der Waals surface area contributed by atoms with E-state index in [-0.39, 0.29) is 17.5 Å². The number of nitrogens with two attached hydrogens (primary N) is 1. The normalized spacial score (nSPS) is 16.7. The molecule has 0 unspecified atom stereocenters. The molecule has 1 saturated heterocycles. The molecule has 3 heterocycles. The van der Waals surface area contributed by atoms with Crippen molar-refractivity contribution in [2.45, 2.75) is 12.5 Å². The Labute approximate surface area is 157 Å². The van der Waals surface area contributed by atoms with E-state index in [1.54, 1.807) is 42.6 Å². The Morgan fingerprint density at radius 2 is 2.33 bits per heavy atom. The number of H-pyrrole nitrogens is 1. The minimum atomic E-state index is -0.201. The quantitative estimate of drug-likeness (QED) is 0.654. The van der Waals surface area contributed by atoms with Crippen LogP contribution in [0, 0.1) is 0 Å². The van der Waals surface area contributed by atoms with Crippen LogP contribution in [0.2, 0.25) is 0 Å². The zero-order chi connectivity index (χ0) is 19.2. The van der Waals surface area contributed by atoms with Crippen molar-refractivity contribution in [1.82, 2.24) is 14.9 Å². The van der Waals surface area contributed by atoms with Gasteiger partial charge in [-0.25, -0.2) is 4.98 Å². The number of likely N-dealkylation sites (tertiary alicyclic amines) is 1. The largest absolute Gasteiger partial charge is 0.481 e. The van der Waals surface area contributed by atoms with E-state index in [9.17, 15) is 9.59 Å². The van der Waals surface area contributed by atoms with Gasteiger partial charge in [-0.05, 0) is 24.1 Å². The Bertz CT molecular complexity index is 893. The highest BCUT2D eigenvalue weighted by molar-refractivity contribution is 5.87. The minimum Gasteiger partial charge on any atom is -0.481 e. The number of amides is 1. The second-order valence-corrected chi connectivity index (χ2v) is 6.27. The highest BCUT2D eigenvalue weighted by atomic mass is 16.5. The fraction of sp³-hybridized carbons (Fsp3) is 0.316. The fourth-order valence-electron chi connectivity index (χ4n) is 3.03. The average molecular weight is 369 g/mol. The molecule has 0 bridgehead atoms. The number of pyridine rings is 2. The van der Waals surface area contributed by atoms with Gasteiger partial charge < -0.3 is 25.7 Å². The topological polar surface area (TPSA) is 113 Å². The lowest BCUT2D eigenvalue weighted by molar-refractivity contribution is -0.125. The predicted molar refractivity (Wildman–Crippen MR) is 104 cm³/mol. The van der Waals surface area contributed by atoms with Crippen LogP contribution in [0.3, 0.4) is 0 Å². The number of nitrogens with one attached hydrogen (secondary N) is 2. The number of aromatic amines is 1. The summed E-state index contributed by atoms with van der Waals surface area (Å²) in [6.45, 7) is 1.52. The molecule has 0 aromatic carbocycles. The number of hydrogen-bond donors (Lipinski definition) is 3. The number of ether oxygens (including phenoxy) is 1. The van der Waals surface area contributed by atoms with E-state index in [4.69, 9.17) is 10.5 Å². The van der Waals surface area contributed by atoms with Crippen molar-refractivity contribution in [2.24, 2.45) is 5.73 Å². The third-order valence-corrected chi connectivity index (χ3v) is 4.44. The lowest BCUT2D eigenvalue weighted by atomic mass is 10.1.